The van der Waals surface area contributed by atoms with Crippen molar-refractivity contribution >= 4 is 11.6 Å². The number of hydrogen-bond acceptors (Lipinski definition) is 15. The molecule has 182 valence electrons. The fourth-order valence-electron chi connectivity index (χ4n) is 2.56. The topological polar surface area (TPSA) is 239 Å². The highest BCUT2D eigenvalue weighted by molar-refractivity contribution is 5.46. The van der Waals surface area contributed by atoms with Crippen LogP contribution >= 0.6 is 0 Å². The highest BCUT2D eigenvalue weighted by atomic mass is 16.7. The van der Waals surface area contributed by atoms with Gasteiger partial charge in [-0.25, -0.2) is 4.63 Å². The van der Waals surface area contributed by atoms with E-state index in [0.717, 1.165) is 0 Å². The Morgan fingerprint density at radius 1 is 0.697 bits per heavy atom. The van der Waals surface area contributed by atoms with Crippen molar-refractivity contribution in [2.75, 3.05) is 26.4 Å². The number of ether oxygens (including phenoxy) is 4. The number of hydrogen-bond donors (Lipinski definition) is 0. The van der Waals surface area contributed by atoms with Gasteiger partial charge in [0.15, 0.2) is 38.0 Å². The second-order valence-corrected chi connectivity index (χ2v) is 8.09. The van der Waals surface area contributed by atoms with Gasteiger partial charge in [-0.2, -0.15) is 0 Å². The molecule has 0 atom stereocenters. The Morgan fingerprint density at radius 3 is 1.27 bits per heavy atom. The summed E-state index contributed by atoms with van der Waals surface area (Å²) in [5.74, 6) is -3.86. The second kappa shape index (κ2) is 8.17. The minimum Gasteiger partial charge on any atom is -0.594 e. The molecule has 33 heavy (non-hydrogen) atoms. The van der Waals surface area contributed by atoms with Gasteiger partial charge in [-0.1, -0.05) is 0 Å². The van der Waals surface area contributed by atoms with Gasteiger partial charge in [0, 0.05) is 10.2 Å². The lowest BCUT2D eigenvalue weighted by Gasteiger charge is -2.34. The molecule has 2 fully saturated rings. The van der Waals surface area contributed by atoms with Gasteiger partial charge in [-0.05, 0) is 47.7 Å². The highest BCUT2D eigenvalue weighted by Gasteiger charge is 2.61. The summed E-state index contributed by atoms with van der Waals surface area (Å²) in [7, 11) is 0. The fourth-order valence-corrected chi connectivity index (χ4v) is 2.56. The Hall–Kier alpha value is -3.42. The maximum Gasteiger partial charge on any atom is 0.484 e. The van der Waals surface area contributed by atoms with E-state index in [0.29, 0.717) is 0 Å². The molecule has 19 heteroatoms. The van der Waals surface area contributed by atoms with E-state index in [1.807, 2.05) is 0 Å². The van der Waals surface area contributed by atoms with Crippen LogP contribution in [0.15, 0.2) is 14.9 Å². The highest BCUT2D eigenvalue weighted by Crippen LogP contribution is 2.32. The Labute approximate surface area is 184 Å². The molecule has 0 unspecified atom stereocenters. The van der Waals surface area contributed by atoms with Gasteiger partial charge < -0.3 is 29.4 Å². The predicted octanol–water partition coefficient (Wildman–Crippen LogP) is 0.769. The van der Waals surface area contributed by atoms with E-state index < -0.39 is 70.8 Å². The first-order chi connectivity index (χ1) is 15.2. The SMILES string of the molecule is CC1(C)OCC([N+](=O)[O-])([N+]([O-])=Nc2nonc2N=[N+]([O-])C2([N+](=O)[O-])COC(C)(C)OC2)CO1. The molecule has 0 bridgehead atoms. The monoisotopic (exact) mass is 476 g/mol. The minimum atomic E-state index is -2.48. The zero-order valence-corrected chi connectivity index (χ0v) is 17.9. The van der Waals surface area contributed by atoms with Gasteiger partial charge in [0.2, 0.25) is 0 Å². The molecule has 0 aliphatic carbocycles. The van der Waals surface area contributed by atoms with Crippen LogP contribution in [0.2, 0.25) is 0 Å². The van der Waals surface area contributed by atoms with E-state index in [2.05, 4.69) is 25.2 Å². The lowest BCUT2D eigenvalue weighted by Crippen LogP contribution is -2.60. The van der Waals surface area contributed by atoms with E-state index >= 15 is 0 Å². The average molecular weight is 476 g/mol. The molecule has 0 N–H and O–H groups in total. The molecule has 0 radical (unpaired) electrons. The molecule has 1 aromatic heterocycles. The third-order valence-corrected chi connectivity index (χ3v) is 4.82. The Kier molecular flexibility index (Phi) is 6.00. The summed E-state index contributed by atoms with van der Waals surface area (Å²) in [5, 5.41) is 61.7. The summed E-state index contributed by atoms with van der Waals surface area (Å²) in [6, 6.07) is 0. The van der Waals surface area contributed by atoms with Crippen molar-refractivity contribution in [1.82, 2.24) is 10.3 Å². The van der Waals surface area contributed by atoms with Gasteiger partial charge in [0.1, 0.15) is 9.85 Å². The first-order valence-electron chi connectivity index (χ1n) is 9.28. The summed E-state index contributed by atoms with van der Waals surface area (Å²) in [6.07, 6.45) is 0. The first kappa shape index (κ1) is 24.2. The Morgan fingerprint density at radius 2 is 1.00 bits per heavy atom. The standard InChI is InChI=1S/C14H20N8O11/c1-11(2)29-5-13(6-30-11,21(25)26)19(23)15-9-10(18-33-17-9)16-20(24)14(22(27)28)7-31-12(3,4)32-8-14/h5-8H2,1-4H3. The van der Waals surface area contributed by atoms with E-state index in [-0.39, 0.29) is 9.72 Å². The van der Waals surface area contributed by atoms with Crippen molar-refractivity contribution in [2.24, 2.45) is 10.2 Å². The number of azo groups is 2. The summed E-state index contributed by atoms with van der Waals surface area (Å²) in [4.78, 5) is 20.6. The van der Waals surface area contributed by atoms with Crippen LogP contribution < -0.4 is 0 Å². The molecular formula is C14H20N8O11. The van der Waals surface area contributed by atoms with Crippen LogP contribution in [-0.2, 0) is 18.9 Å². The molecule has 2 aliphatic heterocycles. The maximum atomic E-state index is 12.6. The van der Waals surface area contributed by atoms with Gasteiger partial charge >= 0.3 is 23.0 Å². The summed E-state index contributed by atoms with van der Waals surface area (Å²) in [6.45, 7) is 3.21. The van der Waals surface area contributed by atoms with E-state index in [4.69, 9.17) is 18.9 Å². The number of nitro groups is 2. The molecule has 2 saturated heterocycles. The van der Waals surface area contributed by atoms with E-state index in [9.17, 15) is 30.6 Å². The molecule has 1 aromatic rings. The first-order valence-corrected chi connectivity index (χ1v) is 9.28. The minimum absolute atomic E-state index is 0.353. The Balaban J connectivity index is 1.93. The third kappa shape index (κ3) is 4.55. The summed E-state index contributed by atoms with van der Waals surface area (Å²) >= 11 is 0. The van der Waals surface area contributed by atoms with Gasteiger partial charge in [-0.15, -0.1) is 0 Å². The zero-order chi connectivity index (χ0) is 24.7. The van der Waals surface area contributed by atoms with Crippen LogP contribution in [-0.4, -0.2) is 79.2 Å². The van der Waals surface area contributed by atoms with Crippen LogP contribution in [0.5, 0.6) is 0 Å². The van der Waals surface area contributed by atoms with Crippen LogP contribution in [0.4, 0.5) is 11.6 Å². The fraction of sp³-hybridized carbons (Fsp3) is 0.857. The van der Waals surface area contributed by atoms with Crippen LogP contribution in [0.3, 0.4) is 0 Å². The average Bonchev–Trinajstić information content (AvgIpc) is 3.14. The molecule has 0 amide bonds. The lowest BCUT2D eigenvalue weighted by molar-refractivity contribution is -0.826. The summed E-state index contributed by atoms with van der Waals surface area (Å²) < 4.78 is 25.2. The third-order valence-electron chi connectivity index (χ3n) is 4.82. The molecule has 0 saturated carbocycles. The predicted molar refractivity (Wildman–Crippen MR) is 97.1 cm³/mol. The van der Waals surface area contributed by atoms with Crippen molar-refractivity contribution in [3.63, 3.8) is 0 Å². The van der Waals surface area contributed by atoms with Crippen molar-refractivity contribution in [3.05, 3.63) is 30.6 Å². The largest absolute Gasteiger partial charge is 0.594 e. The van der Waals surface area contributed by atoms with Crippen LogP contribution in [0.25, 0.3) is 0 Å². The van der Waals surface area contributed by atoms with Gasteiger partial charge in [0.05, 0.1) is 0 Å². The normalized spacial score (nSPS) is 24.2. The molecule has 3 heterocycles. The number of hydroxylamine groups is 2. The maximum absolute atomic E-state index is 12.6. The molecule has 19 nitrogen and oxygen atoms in total. The van der Waals surface area contributed by atoms with Gasteiger partial charge in [0.25, 0.3) is 0 Å². The number of aromatic nitrogens is 2. The van der Waals surface area contributed by atoms with Crippen LogP contribution in [0.1, 0.15) is 27.7 Å². The van der Waals surface area contributed by atoms with Crippen molar-refractivity contribution in [2.45, 2.75) is 50.6 Å². The molecule has 2 aliphatic rings. The van der Waals surface area contributed by atoms with E-state index in [1.54, 1.807) is 0 Å². The summed E-state index contributed by atoms with van der Waals surface area (Å²) in [5.41, 5.74) is -4.97. The lowest BCUT2D eigenvalue weighted by atomic mass is 10.2. The van der Waals surface area contributed by atoms with Crippen molar-refractivity contribution < 1.29 is 43.1 Å². The second-order valence-electron chi connectivity index (χ2n) is 8.09. The molecular weight excluding hydrogens is 456 g/mol. The van der Waals surface area contributed by atoms with Crippen molar-refractivity contribution in [1.29, 1.82) is 0 Å². The van der Waals surface area contributed by atoms with Gasteiger partial charge in [-0.3, -0.25) is 20.2 Å². The van der Waals surface area contributed by atoms with Crippen molar-refractivity contribution in [3.8, 4) is 0 Å². The smallest absolute Gasteiger partial charge is 0.484 e. The number of rotatable bonds is 6. The molecule has 0 aromatic carbocycles. The molecule has 0 spiro atoms. The molecule has 3 rings (SSSR count). The Bertz CT molecular complexity index is 907. The number of nitrogens with zero attached hydrogens (tertiary/aromatic N) is 8. The van der Waals surface area contributed by atoms with E-state index in [1.165, 1.54) is 27.7 Å². The quantitative estimate of drug-likeness (QED) is 0.181. The zero-order valence-electron chi connectivity index (χ0n) is 17.9. The van der Waals surface area contributed by atoms with Crippen LogP contribution in [0, 0.1) is 30.6 Å².